The monoisotopic (exact) mass is 435 g/mol. The number of benzene rings is 2. The van der Waals surface area contributed by atoms with Gasteiger partial charge in [0.15, 0.2) is 12.1 Å². The lowest BCUT2D eigenvalue weighted by molar-refractivity contribution is -0.123. The Morgan fingerprint density at radius 1 is 1.07 bits per heavy atom. The summed E-state index contributed by atoms with van der Waals surface area (Å²) in [5.74, 6) is -2.23. The summed E-state index contributed by atoms with van der Waals surface area (Å²) in [5, 5.41) is 11.8. The number of para-hydroxylation sites is 1. The highest BCUT2D eigenvalue weighted by Gasteiger charge is 2.55. The summed E-state index contributed by atoms with van der Waals surface area (Å²) in [6.07, 6.45) is 0. The standard InChI is InChI=1S/C18H12Cl2FN5O3/c19-11-2-1-3-12(20)14(11)22-13(27)8-25-16-15(23-24-25)17(28)26(18(16)29)10-6-4-9(21)5-7-10/h1-7,15-16H,8H2,(H,22,27). The van der Waals surface area contributed by atoms with E-state index < -0.39 is 35.6 Å². The molecule has 0 bridgehead atoms. The molecule has 0 saturated carbocycles. The van der Waals surface area contributed by atoms with Crippen LogP contribution in [0.3, 0.4) is 0 Å². The first-order chi connectivity index (χ1) is 13.9. The lowest BCUT2D eigenvalue weighted by Crippen LogP contribution is -2.43. The van der Waals surface area contributed by atoms with Crippen LogP contribution in [0, 0.1) is 5.82 Å². The highest BCUT2D eigenvalue weighted by atomic mass is 35.5. The molecule has 2 aromatic carbocycles. The Kier molecular flexibility index (Phi) is 4.93. The smallest absolute Gasteiger partial charge is 0.263 e. The van der Waals surface area contributed by atoms with Crippen LogP contribution in [-0.2, 0) is 14.4 Å². The van der Waals surface area contributed by atoms with Crippen LogP contribution >= 0.6 is 23.2 Å². The Morgan fingerprint density at radius 3 is 2.38 bits per heavy atom. The maximum Gasteiger partial charge on any atom is 0.263 e. The van der Waals surface area contributed by atoms with Gasteiger partial charge in [0.05, 0.1) is 21.4 Å². The number of carbonyl (C=O) groups excluding carboxylic acids is 3. The van der Waals surface area contributed by atoms with Gasteiger partial charge >= 0.3 is 0 Å². The minimum Gasteiger partial charge on any atom is -0.322 e. The SMILES string of the molecule is O=C(CN1N=NC2C(=O)N(c3ccc(F)cc3)C(=O)C21)Nc1c(Cl)cccc1Cl. The van der Waals surface area contributed by atoms with E-state index in [4.69, 9.17) is 23.2 Å². The Bertz CT molecular complexity index is 1030. The van der Waals surface area contributed by atoms with Gasteiger partial charge in [0.1, 0.15) is 12.4 Å². The Labute approximate surface area is 173 Å². The van der Waals surface area contributed by atoms with Crippen molar-refractivity contribution < 1.29 is 18.8 Å². The van der Waals surface area contributed by atoms with Crippen LogP contribution in [0.4, 0.5) is 15.8 Å². The third kappa shape index (κ3) is 3.43. The van der Waals surface area contributed by atoms with E-state index in [2.05, 4.69) is 15.7 Å². The number of hydrogen-bond donors (Lipinski definition) is 1. The van der Waals surface area contributed by atoms with Crippen molar-refractivity contribution in [2.24, 2.45) is 10.3 Å². The van der Waals surface area contributed by atoms with E-state index in [0.29, 0.717) is 0 Å². The Balaban J connectivity index is 1.50. The molecule has 2 aliphatic rings. The largest absolute Gasteiger partial charge is 0.322 e. The summed E-state index contributed by atoms with van der Waals surface area (Å²) in [6, 6.07) is 7.56. The molecule has 3 amide bonds. The van der Waals surface area contributed by atoms with E-state index in [1.54, 1.807) is 18.2 Å². The topological polar surface area (TPSA) is 94.4 Å². The fourth-order valence-electron chi connectivity index (χ4n) is 3.14. The number of hydrogen-bond acceptors (Lipinski definition) is 6. The number of fused-ring (bicyclic) bond motifs is 1. The normalized spacial score (nSPS) is 20.4. The van der Waals surface area contributed by atoms with E-state index in [0.717, 1.165) is 22.0 Å². The van der Waals surface area contributed by atoms with Gasteiger partial charge in [-0.2, -0.15) is 5.11 Å². The summed E-state index contributed by atoms with van der Waals surface area (Å²) in [7, 11) is 0. The van der Waals surface area contributed by atoms with Crippen LogP contribution in [-0.4, -0.2) is 41.4 Å². The number of nitrogens with one attached hydrogen (secondary N) is 1. The summed E-state index contributed by atoms with van der Waals surface area (Å²) in [6.45, 7) is -0.345. The van der Waals surface area contributed by atoms with E-state index in [1.165, 1.54) is 12.1 Å². The van der Waals surface area contributed by atoms with Gasteiger partial charge in [0.25, 0.3) is 11.8 Å². The molecule has 2 unspecified atom stereocenters. The van der Waals surface area contributed by atoms with E-state index >= 15 is 0 Å². The quantitative estimate of drug-likeness (QED) is 0.746. The second-order valence-electron chi connectivity index (χ2n) is 6.33. The second-order valence-corrected chi connectivity index (χ2v) is 7.14. The third-order valence-corrected chi connectivity index (χ3v) is 5.11. The van der Waals surface area contributed by atoms with Crippen molar-refractivity contribution in [1.82, 2.24) is 5.01 Å². The Morgan fingerprint density at radius 2 is 1.72 bits per heavy atom. The maximum absolute atomic E-state index is 13.1. The van der Waals surface area contributed by atoms with Crippen LogP contribution < -0.4 is 10.2 Å². The Hall–Kier alpha value is -3.04. The minimum atomic E-state index is -1.07. The van der Waals surface area contributed by atoms with E-state index in [1.807, 2.05) is 0 Å². The molecule has 2 aliphatic heterocycles. The zero-order valence-corrected chi connectivity index (χ0v) is 16.1. The van der Waals surface area contributed by atoms with Crippen LogP contribution in [0.15, 0.2) is 52.8 Å². The number of halogens is 3. The van der Waals surface area contributed by atoms with Gasteiger partial charge in [-0.3, -0.25) is 19.4 Å². The second kappa shape index (κ2) is 7.41. The van der Waals surface area contributed by atoms with Crippen molar-refractivity contribution in [3.8, 4) is 0 Å². The molecule has 1 N–H and O–H groups in total. The number of amides is 3. The van der Waals surface area contributed by atoms with Crippen LogP contribution in [0.5, 0.6) is 0 Å². The van der Waals surface area contributed by atoms with Gasteiger partial charge in [-0.05, 0) is 36.4 Å². The summed E-state index contributed by atoms with van der Waals surface area (Å²) in [5.41, 5.74) is 0.452. The first kappa shape index (κ1) is 19.3. The molecule has 0 spiro atoms. The van der Waals surface area contributed by atoms with Gasteiger partial charge in [-0.15, -0.1) is 0 Å². The average molecular weight is 436 g/mol. The van der Waals surface area contributed by atoms with Crippen molar-refractivity contribution >= 4 is 52.3 Å². The first-order valence-corrected chi connectivity index (χ1v) is 9.17. The number of imide groups is 1. The molecular formula is C18H12Cl2FN5O3. The zero-order chi connectivity index (χ0) is 20.7. The van der Waals surface area contributed by atoms with E-state index in [9.17, 15) is 18.8 Å². The summed E-state index contributed by atoms with van der Waals surface area (Å²) < 4.78 is 13.1. The first-order valence-electron chi connectivity index (χ1n) is 8.41. The molecule has 11 heteroatoms. The fraction of sp³-hybridized carbons (Fsp3) is 0.167. The molecule has 8 nitrogen and oxygen atoms in total. The molecule has 1 saturated heterocycles. The molecule has 2 aromatic rings. The third-order valence-electron chi connectivity index (χ3n) is 4.48. The molecule has 1 fully saturated rings. The van der Waals surface area contributed by atoms with Crippen molar-refractivity contribution in [1.29, 1.82) is 0 Å². The molecular weight excluding hydrogens is 424 g/mol. The van der Waals surface area contributed by atoms with Crippen molar-refractivity contribution in [2.45, 2.75) is 12.1 Å². The molecule has 2 heterocycles. The number of anilines is 2. The lowest BCUT2D eigenvalue weighted by Gasteiger charge is -2.20. The van der Waals surface area contributed by atoms with Crippen LogP contribution in [0.1, 0.15) is 0 Å². The number of nitrogens with zero attached hydrogens (tertiary/aromatic N) is 4. The predicted octanol–water partition coefficient (Wildman–Crippen LogP) is 3.06. The van der Waals surface area contributed by atoms with Crippen molar-refractivity contribution in [2.75, 3.05) is 16.8 Å². The van der Waals surface area contributed by atoms with Crippen molar-refractivity contribution in [3.63, 3.8) is 0 Å². The average Bonchev–Trinajstić information content (AvgIpc) is 3.19. The lowest BCUT2D eigenvalue weighted by atomic mass is 10.1. The van der Waals surface area contributed by atoms with E-state index in [-0.39, 0.29) is 28.0 Å². The van der Waals surface area contributed by atoms with Crippen LogP contribution in [0.25, 0.3) is 0 Å². The van der Waals surface area contributed by atoms with Gasteiger partial charge < -0.3 is 5.32 Å². The van der Waals surface area contributed by atoms with Gasteiger partial charge in [-0.1, -0.05) is 34.5 Å². The molecule has 4 rings (SSSR count). The molecule has 29 heavy (non-hydrogen) atoms. The highest BCUT2D eigenvalue weighted by Crippen LogP contribution is 2.33. The molecule has 148 valence electrons. The molecule has 0 radical (unpaired) electrons. The predicted molar refractivity (Wildman–Crippen MR) is 103 cm³/mol. The fourth-order valence-corrected chi connectivity index (χ4v) is 3.63. The number of rotatable bonds is 4. The maximum atomic E-state index is 13.1. The van der Waals surface area contributed by atoms with Gasteiger partial charge in [0, 0.05) is 0 Å². The van der Waals surface area contributed by atoms with Crippen LogP contribution in [0.2, 0.25) is 10.0 Å². The molecule has 2 atom stereocenters. The molecule has 0 aliphatic carbocycles. The summed E-state index contributed by atoms with van der Waals surface area (Å²) in [4.78, 5) is 38.7. The van der Waals surface area contributed by atoms with Gasteiger partial charge in [0.2, 0.25) is 5.91 Å². The zero-order valence-electron chi connectivity index (χ0n) is 14.6. The number of carbonyl (C=O) groups is 3. The minimum absolute atomic E-state index is 0.221. The molecule has 0 aromatic heterocycles. The highest BCUT2D eigenvalue weighted by molar-refractivity contribution is 6.39. The van der Waals surface area contributed by atoms with Crippen molar-refractivity contribution in [3.05, 3.63) is 58.3 Å². The van der Waals surface area contributed by atoms with Gasteiger partial charge in [-0.25, -0.2) is 9.29 Å². The summed E-state index contributed by atoms with van der Waals surface area (Å²) >= 11 is 12.1.